The summed E-state index contributed by atoms with van der Waals surface area (Å²) in [6, 6.07) is 8.72. The largest absolute Gasteiger partial charge is 0.508 e. The van der Waals surface area contributed by atoms with Crippen molar-refractivity contribution >= 4 is 29.1 Å². The van der Waals surface area contributed by atoms with Gasteiger partial charge < -0.3 is 36.8 Å². The molecule has 12 heteroatoms. The van der Waals surface area contributed by atoms with Crippen molar-refractivity contribution in [2.24, 2.45) is 17.6 Å². The second-order valence-electron chi connectivity index (χ2n) is 11.4. The summed E-state index contributed by atoms with van der Waals surface area (Å²) in [5.74, 6) is -7.34. The van der Waals surface area contributed by atoms with Gasteiger partial charge in [0, 0.05) is 30.1 Å². The number of aliphatic hydroxyl groups is 3. The van der Waals surface area contributed by atoms with Crippen molar-refractivity contribution in [2.45, 2.75) is 24.5 Å². The predicted octanol–water partition coefficient (Wildman–Crippen LogP) is 0.580. The quantitative estimate of drug-likeness (QED) is 0.177. The third kappa shape index (κ3) is 4.58. The Balaban J connectivity index is 1.64. The van der Waals surface area contributed by atoms with Gasteiger partial charge in [-0.25, -0.2) is 0 Å². The number of rotatable bonds is 7. The van der Waals surface area contributed by atoms with Crippen LogP contribution >= 0.6 is 0 Å². The third-order valence-electron chi connectivity index (χ3n) is 8.70. The molecule has 1 fully saturated rings. The number of Topliss-reactive ketones (excluding diaryl/α,β-unsaturated/α-hetero) is 2. The average molecular weight is 591 g/mol. The number of phenolic OH excluding ortho intramolecular Hbond substituents is 1. The summed E-state index contributed by atoms with van der Waals surface area (Å²) >= 11 is 0. The van der Waals surface area contributed by atoms with Crippen LogP contribution in [0, 0.1) is 11.8 Å². The van der Waals surface area contributed by atoms with Crippen molar-refractivity contribution in [1.29, 1.82) is 0 Å². The molecule has 226 valence electrons. The van der Waals surface area contributed by atoms with E-state index in [2.05, 4.69) is 10.6 Å². The van der Waals surface area contributed by atoms with E-state index in [4.69, 9.17) is 5.73 Å². The zero-order valence-electron chi connectivity index (χ0n) is 24.0. The molecule has 0 spiro atoms. The summed E-state index contributed by atoms with van der Waals surface area (Å²) in [6.45, 7) is 1.03. The molecule has 2 aromatic rings. The van der Waals surface area contributed by atoms with Gasteiger partial charge in [0.05, 0.1) is 11.6 Å². The Hall–Kier alpha value is -4.52. The first-order valence-electron chi connectivity index (χ1n) is 13.9. The van der Waals surface area contributed by atoms with Crippen molar-refractivity contribution in [2.75, 3.05) is 34.2 Å². The van der Waals surface area contributed by atoms with Crippen molar-refractivity contribution in [3.05, 3.63) is 70.0 Å². The van der Waals surface area contributed by atoms with Gasteiger partial charge in [0.25, 0.3) is 11.8 Å². The summed E-state index contributed by atoms with van der Waals surface area (Å²) in [7, 11) is 4.87. The lowest BCUT2D eigenvalue weighted by molar-refractivity contribution is -0.153. The molecule has 43 heavy (non-hydrogen) atoms. The highest BCUT2D eigenvalue weighted by Crippen LogP contribution is 2.53. The van der Waals surface area contributed by atoms with E-state index in [1.807, 2.05) is 0 Å². The normalized spacial score (nSPS) is 24.9. The Morgan fingerprint density at radius 3 is 2.47 bits per heavy atom. The highest BCUT2D eigenvalue weighted by molar-refractivity contribution is 6.24. The van der Waals surface area contributed by atoms with Gasteiger partial charge >= 0.3 is 0 Å². The van der Waals surface area contributed by atoms with Gasteiger partial charge in [-0.15, -0.1) is 0 Å². The van der Waals surface area contributed by atoms with Crippen LogP contribution in [0.2, 0.25) is 0 Å². The minimum absolute atomic E-state index is 0.0161. The molecule has 0 aromatic heterocycles. The number of phenols is 1. The van der Waals surface area contributed by atoms with Crippen molar-refractivity contribution in [3.63, 3.8) is 0 Å². The maximum atomic E-state index is 14.0. The van der Waals surface area contributed by atoms with Gasteiger partial charge in [0.1, 0.15) is 22.8 Å². The molecule has 1 saturated carbocycles. The Kier molecular flexibility index (Phi) is 7.63. The number of carbonyl (C=O) groups is 4. The van der Waals surface area contributed by atoms with E-state index in [0.29, 0.717) is 35.3 Å². The van der Waals surface area contributed by atoms with Crippen molar-refractivity contribution in [1.82, 2.24) is 15.5 Å². The summed E-state index contributed by atoms with van der Waals surface area (Å²) in [5, 5.41) is 50.8. The minimum Gasteiger partial charge on any atom is -0.508 e. The number of hydrogen-bond donors (Lipinski definition) is 7. The Labute approximate surface area is 247 Å². The highest BCUT2D eigenvalue weighted by atomic mass is 16.3. The van der Waals surface area contributed by atoms with Crippen molar-refractivity contribution in [3.8, 4) is 16.9 Å². The number of fused-ring (bicyclic) bond motifs is 3. The topological polar surface area (TPSA) is 203 Å². The van der Waals surface area contributed by atoms with Gasteiger partial charge in [-0.2, -0.15) is 0 Å². The van der Waals surface area contributed by atoms with Crippen LogP contribution in [0.15, 0.2) is 53.3 Å². The molecule has 3 aliphatic carbocycles. The highest BCUT2D eigenvalue weighted by Gasteiger charge is 2.64. The number of aromatic hydroxyl groups is 1. The molecule has 12 nitrogen and oxygen atoms in total. The lowest BCUT2D eigenvalue weighted by atomic mass is 9.57. The monoisotopic (exact) mass is 590 g/mol. The molecule has 0 aliphatic heterocycles. The number of likely N-dealkylation sites (N-methyl/N-ethyl adjacent to an activating group) is 2. The number of primary amides is 1. The molecule has 5 rings (SSSR count). The molecule has 0 bridgehead atoms. The fourth-order valence-electron chi connectivity index (χ4n) is 6.75. The first-order chi connectivity index (χ1) is 20.3. The number of ketones is 2. The van der Waals surface area contributed by atoms with Crippen LogP contribution in [0.5, 0.6) is 5.75 Å². The average Bonchev–Trinajstić information content (AvgIpc) is 2.95. The molecule has 2 aromatic carbocycles. The van der Waals surface area contributed by atoms with E-state index >= 15 is 0 Å². The molecule has 4 atom stereocenters. The zero-order valence-corrected chi connectivity index (χ0v) is 24.0. The molecule has 0 unspecified atom stereocenters. The van der Waals surface area contributed by atoms with E-state index in [1.165, 1.54) is 11.0 Å². The molecule has 0 radical (unpaired) electrons. The fourth-order valence-corrected chi connectivity index (χ4v) is 6.75. The Morgan fingerprint density at radius 1 is 1.09 bits per heavy atom. The molecule has 0 heterocycles. The predicted molar refractivity (Wildman–Crippen MR) is 156 cm³/mol. The van der Waals surface area contributed by atoms with E-state index in [9.17, 15) is 39.6 Å². The number of nitrogens with one attached hydrogen (secondary N) is 2. The number of nitrogens with two attached hydrogens (primary N) is 1. The van der Waals surface area contributed by atoms with E-state index < -0.39 is 58.0 Å². The summed E-state index contributed by atoms with van der Waals surface area (Å²) in [6.07, 6.45) is 0.117. The smallest absolute Gasteiger partial charge is 0.255 e. The maximum Gasteiger partial charge on any atom is 0.255 e. The standard InChI is InChI=1S/C31H34N4O8/c1-33-9-10-34-30(42)15-6-4-5-14(11-15)17-7-8-20(36)22-18(17)12-16-13-19-24(35(2)3)26(38)23(29(32)41)28(40)31(19,43)27(39)21(16)25(22)37/h4-8,11,16,19,24,33,36-37,40,43H,9-10,12-13H2,1-3H3,(H2,32,41)(H,34,42)/t16-,19-,24-,31-/m0/s1. The lowest BCUT2D eigenvalue weighted by Crippen LogP contribution is -2.65. The Bertz CT molecular complexity index is 1630. The van der Waals surface area contributed by atoms with Crippen molar-refractivity contribution < 1.29 is 39.6 Å². The van der Waals surface area contributed by atoms with Crippen LogP contribution < -0.4 is 16.4 Å². The second-order valence-corrected chi connectivity index (χ2v) is 11.4. The second kappa shape index (κ2) is 11.0. The molecule has 2 amide bonds. The third-order valence-corrected chi connectivity index (χ3v) is 8.70. The Morgan fingerprint density at radius 2 is 1.81 bits per heavy atom. The molecule has 3 aliphatic rings. The summed E-state index contributed by atoms with van der Waals surface area (Å²) in [5.41, 5.74) is 3.74. The SMILES string of the molecule is CNCCNC(=O)c1cccc(-c2ccc(O)c3c2C[C@H]2C[C@H]4[C@H](N(C)C)C(=O)C(C(N)=O)=C(O)[C@@]4(O)C(=O)C2=C3O)c1. The number of amides is 2. The van der Waals surface area contributed by atoms with Crippen LogP contribution in [-0.2, 0) is 20.8 Å². The fraction of sp³-hybridized carbons (Fsp3) is 0.355. The zero-order chi connectivity index (χ0) is 31.4. The molecule has 0 saturated heterocycles. The summed E-state index contributed by atoms with van der Waals surface area (Å²) in [4.78, 5) is 53.6. The molecular formula is C31H34N4O8. The van der Waals surface area contributed by atoms with Gasteiger partial charge in [0.2, 0.25) is 5.78 Å². The van der Waals surface area contributed by atoms with Crippen LogP contribution in [0.25, 0.3) is 16.9 Å². The van der Waals surface area contributed by atoms with Gasteiger partial charge in [-0.1, -0.05) is 18.2 Å². The first-order valence-corrected chi connectivity index (χ1v) is 13.9. The van der Waals surface area contributed by atoms with E-state index in [1.54, 1.807) is 51.5 Å². The number of benzene rings is 2. The molecular weight excluding hydrogens is 556 g/mol. The summed E-state index contributed by atoms with van der Waals surface area (Å²) < 4.78 is 0. The minimum atomic E-state index is -2.70. The molecule has 8 N–H and O–H groups in total. The first kappa shape index (κ1) is 30.0. The maximum absolute atomic E-state index is 14.0. The lowest BCUT2D eigenvalue weighted by Gasteiger charge is -2.50. The number of carbonyl (C=O) groups excluding carboxylic acids is 4. The number of nitrogens with zero attached hydrogens (tertiary/aromatic N) is 1. The van der Waals surface area contributed by atoms with E-state index in [-0.39, 0.29) is 35.6 Å². The van der Waals surface area contributed by atoms with Gasteiger partial charge in [-0.3, -0.25) is 24.1 Å². The van der Waals surface area contributed by atoms with Gasteiger partial charge in [-0.05, 0) is 74.8 Å². The van der Waals surface area contributed by atoms with Crippen LogP contribution in [-0.4, -0.2) is 94.6 Å². The van der Waals surface area contributed by atoms with Crippen LogP contribution in [0.4, 0.5) is 0 Å². The van der Waals surface area contributed by atoms with Crippen LogP contribution in [0.3, 0.4) is 0 Å². The number of hydrogen-bond acceptors (Lipinski definition) is 10. The van der Waals surface area contributed by atoms with Gasteiger partial charge in [0.15, 0.2) is 11.4 Å². The number of aliphatic hydroxyl groups excluding tert-OH is 2. The van der Waals surface area contributed by atoms with Crippen LogP contribution in [0.1, 0.15) is 27.9 Å². The van der Waals surface area contributed by atoms with E-state index in [0.717, 1.165) is 0 Å².